The molecule has 3 aromatic carbocycles. The van der Waals surface area contributed by atoms with Gasteiger partial charge in [-0.1, -0.05) is 34.1 Å². The van der Waals surface area contributed by atoms with E-state index < -0.39 is 5.91 Å². The molecular formula is C21H16BrFN2O4. The molecular weight excluding hydrogens is 443 g/mol. The molecule has 0 atom stereocenters. The summed E-state index contributed by atoms with van der Waals surface area (Å²) in [5.41, 5.74) is 3.32. The highest BCUT2D eigenvalue weighted by molar-refractivity contribution is 9.10. The minimum atomic E-state index is -0.615. The number of carbonyl (C=O) groups excluding carboxylic acids is 1. The summed E-state index contributed by atoms with van der Waals surface area (Å²) < 4.78 is 20.2. The summed E-state index contributed by atoms with van der Waals surface area (Å²) in [4.78, 5) is 12.1. The lowest BCUT2D eigenvalue weighted by molar-refractivity contribution is 0.0954. The van der Waals surface area contributed by atoms with E-state index in [4.69, 9.17) is 4.74 Å². The first-order chi connectivity index (χ1) is 13.9. The molecule has 3 N–H and O–H groups in total. The number of hydrogen-bond donors (Lipinski definition) is 3. The molecule has 0 spiro atoms. The van der Waals surface area contributed by atoms with E-state index in [9.17, 15) is 19.4 Å². The Morgan fingerprint density at radius 2 is 1.83 bits per heavy atom. The minimum Gasteiger partial charge on any atom is -0.508 e. The van der Waals surface area contributed by atoms with Crippen LogP contribution < -0.4 is 10.2 Å². The molecule has 0 fully saturated rings. The topological polar surface area (TPSA) is 91.2 Å². The maximum atomic E-state index is 13.8. The van der Waals surface area contributed by atoms with Crippen LogP contribution in [0.1, 0.15) is 21.5 Å². The lowest BCUT2D eigenvalue weighted by Gasteiger charge is -2.10. The Hall–Kier alpha value is -3.39. The van der Waals surface area contributed by atoms with Gasteiger partial charge in [0.1, 0.15) is 29.7 Å². The SMILES string of the molecule is O=C(N/N=C\c1cc(Br)ccc1OCc1ccccc1F)c1cc(O)cc(O)c1. The molecule has 3 aromatic rings. The number of hydrazone groups is 1. The van der Waals surface area contributed by atoms with Crippen molar-refractivity contribution in [2.45, 2.75) is 6.61 Å². The van der Waals surface area contributed by atoms with Crippen molar-refractivity contribution in [1.82, 2.24) is 5.43 Å². The van der Waals surface area contributed by atoms with E-state index in [0.29, 0.717) is 16.9 Å². The van der Waals surface area contributed by atoms with Crippen LogP contribution in [0.15, 0.2) is 70.2 Å². The molecule has 6 nitrogen and oxygen atoms in total. The number of ether oxygens (including phenoxy) is 1. The standard InChI is InChI=1S/C21H16BrFN2O4/c22-16-5-6-20(29-12-13-3-1-2-4-19(13)23)15(7-16)11-24-25-21(28)14-8-17(26)10-18(27)9-14/h1-11,26-27H,12H2,(H,25,28)/b24-11-. The second-order valence-electron chi connectivity index (χ2n) is 6.00. The van der Waals surface area contributed by atoms with Crippen molar-refractivity contribution in [1.29, 1.82) is 0 Å². The molecule has 0 saturated carbocycles. The van der Waals surface area contributed by atoms with Crippen LogP contribution in [0.2, 0.25) is 0 Å². The third-order valence-corrected chi connectivity index (χ3v) is 4.34. The summed E-state index contributed by atoms with van der Waals surface area (Å²) in [5.74, 6) is -1.01. The predicted octanol–water partition coefficient (Wildman–Crippen LogP) is 4.34. The van der Waals surface area contributed by atoms with Gasteiger partial charge in [-0.3, -0.25) is 4.79 Å². The largest absolute Gasteiger partial charge is 0.508 e. The summed E-state index contributed by atoms with van der Waals surface area (Å²) >= 11 is 3.36. The molecule has 3 rings (SSSR count). The fraction of sp³-hybridized carbons (Fsp3) is 0.0476. The smallest absolute Gasteiger partial charge is 0.271 e. The van der Waals surface area contributed by atoms with Crippen LogP contribution in [-0.2, 0) is 6.61 Å². The molecule has 0 bridgehead atoms. The molecule has 0 aliphatic carbocycles. The Morgan fingerprint density at radius 1 is 1.10 bits per heavy atom. The van der Waals surface area contributed by atoms with E-state index >= 15 is 0 Å². The zero-order valence-electron chi connectivity index (χ0n) is 15.0. The van der Waals surface area contributed by atoms with Gasteiger partial charge in [-0.05, 0) is 36.4 Å². The molecule has 1 amide bonds. The van der Waals surface area contributed by atoms with Crippen molar-refractivity contribution >= 4 is 28.1 Å². The van der Waals surface area contributed by atoms with Crippen LogP contribution in [0.5, 0.6) is 17.2 Å². The van der Waals surface area contributed by atoms with Crippen molar-refractivity contribution < 1.29 is 24.1 Å². The zero-order chi connectivity index (χ0) is 20.8. The Kier molecular flexibility index (Phi) is 6.46. The number of phenolic OH excluding ortho intramolecular Hbond substituents is 2. The van der Waals surface area contributed by atoms with E-state index in [1.807, 2.05) is 0 Å². The second kappa shape index (κ2) is 9.20. The van der Waals surface area contributed by atoms with Crippen LogP contribution in [-0.4, -0.2) is 22.3 Å². The van der Waals surface area contributed by atoms with Crippen LogP contribution in [0.3, 0.4) is 0 Å². The highest BCUT2D eigenvalue weighted by atomic mass is 79.9. The molecule has 0 heterocycles. The Morgan fingerprint density at radius 3 is 2.55 bits per heavy atom. The summed E-state index contributed by atoms with van der Waals surface area (Å²) in [6.07, 6.45) is 1.38. The van der Waals surface area contributed by atoms with Gasteiger partial charge in [0.2, 0.25) is 0 Å². The first kappa shape index (κ1) is 20.3. The van der Waals surface area contributed by atoms with Gasteiger partial charge in [-0.25, -0.2) is 9.82 Å². The van der Waals surface area contributed by atoms with Crippen molar-refractivity contribution in [2.75, 3.05) is 0 Å². The summed E-state index contributed by atoms with van der Waals surface area (Å²) in [6, 6.07) is 15.0. The molecule has 0 aliphatic heterocycles. The van der Waals surface area contributed by atoms with Gasteiger partial charge in [0.05, 0.1) is 6.21 Å². The number of rotatable bonds is 6. The van der Waals surface area contributed by atoms with Gasteiger partial charge in [-0.15, -0.1) is 0 Å². The summed E-state index contributed by atoms with van der Waals surface area (Å²) in [6.45, 7) is 0.0318. The first-order valence-electron chi connectivity index (χ1n) is 8.44. The van der Waals surface area contributed by atoms with Crippen LogP contribution in [0, 0.1) is 5.82 Å². The predicted molar refractivity (Wildman–Crippen MR) is 110 cm³/mol. The van der Waals surface area contributed by atoms with Crippen molar-refractivity contribution in [3.63, 3.8) is 0 Å². The molecule has 0 saturated heterocycles. The lowest BCUT2D eigenvalue weighted by atomic mass is 10.2. The molecule has 0 radical (unpaired) electrons. The number of aromatic hydroxyl groups is 2. The maximum absolute atomic E-state index is 13.8. The van der Waals surface area contributed by atoms with Crippen LogP contribution in [0.4, 0.5) is 4.39 Å². The lowest BCUT2D eigenvalue weighted by Crippen LogP contribution is -2.17. The molecule has 0 aliphatic rings. The first-order valence-corrected chi connectivity index (χ1v) is 9.24. The van der Waals surface area contributed by atoms with Crippen LogP contribution in [0.25, 0.3) is 0 Å². The van der Waals surface area contributed by atoms with Gasteiger partial charge >= 0.3 is 0 Å². The zero-order valence-corrected chi connectivity index (χ0v) is 16.6. The van der Waals surface area contributed by atoms with E-state index in [2.05, 4.69) is 26.5 Å². The fourth-order valence-electron chi connectivity index (χ4n) is 2.47. The van der Waals surface area contributed by atoms with Gasteiger partial charge in [0, 0.05) is 27.2 Å². The van der Waals surface area contributed by atoms with Crippen molar-refractivity contribution in [3.8, 4) is 17.2 Å². The van der Waals surface area contributed by atoms with Gasteiger partial charge in [-0.2, -0.15) is 5.10 Å². The number of benzene rings is 3. The fourth-order valence-corrected chi connectivity index (χ4v) is 2.85. The number of phenols is 2. The number of carbonyl (C=O) groups is 1. The molecule has 29 heavy (non-hydrogen) atoms. The number of halogens is 2. The van der Waals surface area contributed by atoms with E-state index in [1.165, 1.54) is 24.4 Å². The Balaban J connectivity index is 1.72. The third-order valence-electron chi connectivity index (χ3n) is 3.85. The monoisotopic (exact) mass is 458 g/mol. The summed E-state index contributed by atoms with van der Waals surface area (Å²) in [5, 5.41) is 22.8. The highest BCUT2D eigenvalue weighted by Gasteiger charge is 2.09. The van der Waals surface area contributed by atoms with E-state index in [-0.39, 0.29) is 29.5 Å². The highest BCUT2D eigenvalue weighted by Crippen LogP contribution is 2.23. The maximum Gasteiger partial charge on any atom is 0.271 e. The Labute approximate surface area is 174 Å². The second-order valence-corrected chi connectivity index (χ2v) is 6.92. The number of nitrogens with one attached hydrogen (secondary N) is 1. The molecule has 0 aromatic heterocycles. The molecule has 8 heteroatoms. The van der Waals surface area contributed by atoms with Gasteiger partial charge in [0.25, 0.3) is 5.91 Å². The summed E-state index contributed by atoms with van der Waals surface area (Å²) in [7, 11) is 0. The van der Waals surface area contributed by atoms with E-state index in [1.54, 1.807) is 36.4 Å². The molecule has 148 valence electrons. The Bertz CT molecular complexity index is 1050. The average molecular weight is 459 g/mol. The molecule has 0 unspecified atom stereocenters. The quantitative estimate of drug-likeness (QED) is 0.378. The average Bonchev–Trinajstić information content (AvgIpc) is 2.67. The minimum absolute atomic E-state index is 0.0318. The number of hydrogen-bond acceptors (Lipinski definition) is 5. The van der Waals surface area contributed by atoms with Crippen molar-refractivity contribution in [3.05, 3.63) is 87.6 Å². The van der Waals surface area contributed by atoms with Crippen LogP contribution >= 0.6 is 15.9 Å². The number of nitrogens with zero attached hydrogens (tertiary/aromatic N) is 1. The van der Waals surface area contributed by atoms with Gasteiger partial charge < -0.3 is 14.9 Å². The van der Waals surface area contributed by atoms with Gasteiger partial charge in [0.15, 0.2) is 0 Å². The third kappa shape index (κ3) is 5.55. The number of amides is 1. The van der Waals surface area contributed by atoms with Crippen molar-refractivity contribution in [2.24, 2.45) is 5.10 Å². The normalized spacial score (nSPS) is 10.8. The van der Waals surface area contributed by atoms with E-state index in [0.717, 1.165) is 10.5 Å².